The quantitative estimate of drug-likeness (QED) is 0.912. The number of benzene rings is 1. The molecule has 3 heteroatoms. The van der Waals surface area contributed by atoms with Crippen LogP contribution in [0.5, 0.6) is 0 Å². The molecule has 0 bridgehead atoms. The fraction of sp³-hybridized carbons (Fsp3) is 0.444. The normalized spacial score (nSPS) is 20.3. The molecule has 1 unspecified atom stereocenters. The average molecular weight is 300 g/mol. The molecule has 1 aromatic carbocycles. The Morgan fingerprint density at radius 3 is 2.86 bits per heavy atom. The van der Waals surface area contributed by atoms with Crippen LogP contribution in [0.4, 0.5) is 0 Å². The third-order valence-electron chi connectivity index (χ3n) is 4.18. The summed E-state index contributed by atoms with van der Waals surface area (Å²) >= 11 is 1.80. The van der Waals surface area contributed by atoms with Crippen molar-refractivity contribution < 1.29 is 0 Å². The second-order valence-electron chi connectivity index (χ2n) is 5.88. The largest absolute Gasteiger partial charge is 0.312 e. The number of hydrogen-bond donors (Lipinski definition) is 1. The van der Waals surface area contributed by atoms with Gasteiger partial charge in [-0.15, -0.1) is 0 Å². The van der Waals surface area contributed by atoms with Gasteiger partial charge in [-0.2, -0.15) is 11.3 Å². The van der Waals surface area contributed by atoms with Crippen LogP contribution in [0.25, 0.3) is 0 Å². The van der Waals surface area contributed by atoms with Crippen molar-refractivity contribution in [1.29, 1.82) is 0 Å². The van der Waals surface area contributed by atoms with Gasteiger partial charge in [-0.25, -0.2) is 0 Å². The predicted octanol–water partition coefficient (Wildman–Crippen LogP) is 3.20. The van der Waals surface area contributed by atoms with E-state index in [-0.39, 0.29) is 0 Å². The standard InChI is InChI=1S/C18H24N2S/c1-2-5-16(6-3-1)13-18-14-20(10-4-9-19-18)11-7-17-8-12-21-15-17/h1-3,5-6,8,12,15,18-19H,4,7,9-11,13-14H2. The summed E-state index contributed by atoms with van der Waals surface area (Å²) in [6, 6.07) is 13.7. The van der Waals surface area contributed by atoms with Crippen LogP contribution in [0.1, 0.15) is 17.5 Å². The van der Waals surface area contributed by atoms with Gasteiger partial charge < -0.3 is 10.2 Å². The van der Waals surface area contributed by atoms with Crippen LogP contribution in [0.3, 0.4) is 0 Å². The zero-order chi connectivity index (χ0) is 14.3. The van der Waals surface area contributed by atoms with E-state index in [2.05, 4.69) is 57.4 Å². The Morgan fingerprint density at radius 1 is 1.14 bits per heavy atom. The fourth-order valence-electron chi connectivity index (χ4n) is 3.04. The molecule has 0 spiro atoms. The first kappa shape index (κ1) is 14.8. The van der Waals surface area contributed by atoms with E-state index in [0.717, 1.165) is 13.0 Å². The van der Waals surface area contributed by atoms with Crippen LogP contribution in [0, 0.1) is 0 Å². The minimum atomic E-state index is 0.581. The van der Waals surface area contributed by atoms with E-state index in [1.807, 2.05) is 0 Å². The zero-order valence-corrected chi connectivity index (χ0v) is 13.3. The summed E-state index contributed by atoms with van der Waals surface area (Å²) < 4.78 is 0. The third kappa shape index (κ3) is 4.67. The number of rotatable bonds is 5. The molecule has 112 valence electrons. The maximum atomic E-state index is 3.71. The monoisotopic (exact) mass is 300 g/mol. The summed E-state index contributed by atoms with van der Waals surface area (Å²) in [6.07, 6.45) is 3.58. The molecule has 1 saturated heterocycles. The van der Waals surface area contributed by atoms with Gasteiger partial charge in [0.25, 0.3) is 0 Å². The third-order valence-corrected chi connectivity index (χ3v) is 4.92. The number of hydrogen-bond acceptors (Lipinski definition) is 3. The van der Waals surface area contributed by atoms with Gasteiger partial charge in [0.1, 0.15) is 0 Å². The Morgan fingerprint density at radius 2 is 2.05 bits per heavy atom. The van der Waals surface area contributed by atoms with Gasteiger partial charge in [0, 0.05) is 19.1 Å². The lowest BCUT2D eigenvalue weighted by atomic mass is 10.1. The molecule has 2 aromatic rings. The Kier molecular flexibility index (Phi) is 5.44. The van der Waals surface area contributed by atoms with E-state index in [9.17, 15) is 0 Å². The molecule has 0 radical (unpaired) electrons. The predicted molar refractivity (Wildman–Crippen MR) is 91.0 cm³/mol. The highest BCUT2D eigenvalue weighted by atomic mass is 32.1. The second kappa shape index (κ2) is 7.74. The highest BCUT2D eigenvalue weighted by Gasteiger charge is 2.17. The highest BCUT2D eigenvalue weighted by molar-refractivity contribution is 7.07. The van der Waals surface area contributed by atoms with E-state index in [4.69, 9.17) is 0 Å². The van der Waals surface area contributed by atoms with E-state index >= 15 is 0 Å². The van der Waals surface area contributed by atoms with E-state index in [1.165, 1.54) is 43.6 Å². The summed E-state index contributed by atoms with van der Waals surface area (Å²) in [5.74, 6) is 0. The van der Waals surface area contributed by atoms with Crippen molar-refractivity contribution in [2.75, 3.05) is 26.2 Å². The first-order valence-electron chi connectivity index (χ1n) is 7.91. The number of nitrogens with one attached hydrogen (secondary N) is 1. The molecule has 0 saturated carbocycles. The summed E-state index contributed by atoms with van der Waals surface area (Å²) in [4.78, 5) is 2.63. The highest BCUT2D eigenvalue weighted by Crippen LogP contribution is 2.11. The fourth-order valence-corrected chi connectivity index (χ4v) is 3.74. The van der Waals surface area contributed by atoms with Gasteiger partial charge in [-0.1, -0.05) is 30.3 Å². The Hall–Kier alpha value is -1.16. The minimum absolute atomic E-state index is 0.581. The maximum absolute atomic E-state index is 3.71. The Labute approximate surface area is 131 Å². The van der Waals surface area contributed by atoms with Crippen LogP contribution >= 0.6 is 11.3 Å². The first-order chi connectivity index (χ1) is 10.4. The molecular formula is C18H24N2S. The molecule has 2 nitrogen and oxygen atoms in total. The first-order valence-corrected chi connectivity index (χ1v) is 8.85. The van der Waals surface area contributed by atoms with Gasteiger partial charge in [-0.3, -0.25) is 0 Å². The second-order valence-corrected chi connectivity index (χ2v) is 6.66. The van der Waals surface area contributed by atoms with Gasteiger partial charge >= 0.3 is 0 Å². The molecule has 21 heavy (non-hydrogen) atoms. The lowest BCUT2D eigenvalue weighted by molar-refractivity contribution is 0.270. The molecule has 0 amide bonds. The summed E-state index contributed by atoms with van der Waals surface area (Å²) in [5.41, 5.74) is 2.92. The zero-order valence-electron chi connectivity index (χ0n) is 12.5. The van der Waals surface area contributed by atoms with Gasteiger partial charge in [-0.05, 0) is 60.3 Å². The van der Waals surface area contributed by atoms with Crippen LogP contribution in [0.15, 0.2) is 47.2 Å². The van der Waals surface area contributed by atoms with Crippen molar-refractivity contribution in [3.8, 4) is 0 Å². The SMILES string of the molecule is c1ccc(CC2CN(CCc3ccsc3)CCCN2)cc1. The van der Waals surface area contributed by atoms with E-state index in [0.29, 0.717) is 6.04 Å². The van der Waals surface area contributed by atoms with Gasteiger partial charge in [0.2, 0.25) is 0 Å². The van der Waals surface area contributed by atoms with Crippen molar-refractivity contribution in [2.45, 2.75) is 25.3 Å². The topological polar surface area (TPSA) is 15.3 Å². The smallest absolute Gasteiger partial charge is 0.0235 e. The molecule has 1 aliphatic heterocycles. The van der Waals surface area contributed by atoms with E-state index in [1.54, 1.807) is 11.3 Å². The molecule has 1 N–H and O–H groups in total. The lowest BCUT2D eigenvalue weighted by Gasteiger charge is -2.24. The van der Waals surface area contributed by atoms with E-state index < -0.39 is 0 Å². The Balaban J connectivity index is 1.53. The van der Waals surface area contributed by atoms with Gasteiger partial charge in [0.15, 0.2) is 0 Å². The van der Waals surface area contributed by atoms with Crippen molar-refractivity contribution in [1.82, 2.24) is 10.2 Å². The van der Waals surface area contributed by atoms with Crippen molar-refractivity contribution in [3.05, 3.63) is 58.3 Å². The summed E-state index contributed by atoms with van der Waals surface area (Å²) in [7, 11) is 0. The summed E-state index contributed by atoms with van der Waals surface area (Å²) in [5, 5.41) is 8.17. The molecule has 2 heterocycles. The van der Waals surface area contributed by atoms with Crippen molar-refractivity contribution >= 4 is 11.3 Å². The maximum Gasteiger partial charge on any atom is 0.0235 e. The molecule has 1 fully saturated rings. The van der Waals surface area contributed by atoms with Gasteiger partial charge in [0.05, 0.1) is 0 Å². The van der Waals surface area contributed by atoms with Crippen LogP contribution in [0.2, 0.25) is 0 Å². The molecule has 1 atom stereocenters. The lowest BCUT2D eigenvalue weighted by Crippen LogP contribution is -2.39. The average Bonchev–Trinajstić information content (AvgIpc) is 2.93. The summed E-state index contributed by atoms with van der Waals surface area (Å²) in [6.45, 7) is 4.72. The van der Waals surface area contributed by atoms with Crippen LogP contribution in [-0.2, 0) is 12.8 Å². The molecule has 1 aliphatic rings. The minimum Gasteiger partial charge on any atom is -0.312 e. The molecule has 3 rings (SSSR count). The number of nitrogens with zero attached hydrogens (tertiary/aromatic N) is 1. The van der Waals surface area contributed by atoms with Crippen molar-refractivity contribution in [3.63, 3.8) is 0 Å². The van der Waals surface area contributed by atoms with Crippen LogP contribution < -0.4 is 5.32 Å². The van der Waals surface area contributed by atoms with Crippen LogP contribution in [-0.4, -0.2) is 37.1 Å². The molecular weight excluding hydrogens is 276 g/mol. The Bertz CT molecular complexity index is 509. The molecule has 0 aliphatic carbocycles. The number of thiophene rings is 1. The van der Waals surface area contributed by atoms with Crippen molar-refractivity contribution in [2.24, 2.45) is 0 Å². The molecule has 1 aromatic heterocycles.